The summed E-state index contributed by atoms with van der Waals surface area (Å²) in [6.07, 6.45) is 0. The maximum absolute atomic E-state index is 2.55. The van der Waals surface area contributed by atoms with Crippen molar-refractivity contribution < 1.29 is 0 Å². The van der Waals surface area contributed by atoms with Crippen LogP contribution in [0.3, 0.4) is 0 Å². The van der Waals surface area contributed by atoms with E-state index in [1.54, 1.807) is 0 Å². The zero-order valence-corrected chi connectivity index (χ0v) is 27.8. The molecule has 0 fully saturated rings. The van der Waals surface area contributed by atoms with Crippen LogP contribution in [-0.2, 0) is 0 Å². The summed E-state index contributed by atoms with van der Waals surface area (Å²) in [4.78, 5) is 0. The first-order chi connectivity index (χ1) is 24.3. The van der Waals surface area contributed by atoms with Gasteiger partial charge in [-0.2, -0.15) is 0 Å². The molecular weight excluding hydrogens is 631 g/mol. The van der Waals surface area contributed by atoms with E-state index in [0.29, 0.717) is 0 Å². The summed E-state index contributed by atoms with van der Waals surface area (Å²) < 4.78 is 8.00. The highest BCUT2D eigenvalue weighted by Gasteiger charge is 2.25. The number of rotatable bonds is 2. The van der Waals surface area contributed by atoms with Gasteiger partial charge in [-0.15, -0.1) is 22.7 Å². The van der Waals surface area contributed by atoms with Crippen molar-refractivity contribution >= 4 is 95.6 Å². The van der Waals surface area contributed by atoms with Crippen LogP contribution in [0.1, 0.15) is 0 Å². The van der Waals surface area contributed by atoms with Gasteiger partial charge in [0.15, 0.2) is 0 Å². The first-order valence-corrected chi connectivity index (χ1v) is 18.4. The van der Waals surface area contributed by atoms with E-state index >= 15 is 0 Å². The van der Waals surface area contributed by atoms with Gasteiger partial charge in [-0.25, -0.2) is 0 Å². The summed E-state index contributed by atoms with van der Waals surface area (Å²) in [6.45, 7) is 0. The fraction of sp³-hybridized carbons (Fsp3) is 0. The van der Waals surface area contributed by atoms with Gasteiger partial charge in [0.05, 0.1) is 11.0 Å². The lowest BCUT2D eigenvalue weighted by Crippen LogP contribution is -1.95. The first kappa shape index (κ1) is 26.2. The van der Waals surface area contributed by atoms with Crippen LogP contribution < -0.4 is 0 Å². The van der Waals surface area contributed by atoms with E-state index < -0.39 is 0 Å². The molecule has 1 aliphatic carbocycles. The molecule has 8 aromatic carbocycles. The lowest BCUT2D eigenvalue weighted by molar-refractivity contribution is 1.19. The van der Waals surface area contributed by atoms with Gasteiger partial charge in [0.1, 0.15) is 0 Å². The number of para-hydroxylation sites is 1. The SMILES string of the molecule is c1cc(-c2ccc3c4c(cccc24)-c2ccccc2-3)cc(-n2c3ccccc3c3c4sc5ccccc5c4c4sc5ccccc5c4c32)c1. The predicted molar refractivity (Wildman–Crippen MR) is 214 cm³/mol. The molecule has 0 spiro atoms. The second kappa shape index (κ2) is 9.45. The highest BCUT2D eigenvalue weighted by molar-refractivity contribution is 7.30. The minimum atomic E-state index is 1.19. The molecule has 0 bridgehead atoms. The van der Waals surface area contributed by atoms with Crippen LogP contribution in [0.2, 0.25) is 0 Å². The number of thiophene rings is 2. The fourth-order valence-electron chi connectivity index (χ4n) is 8.75. The van der Waals surface area contributed by atoms with E-state index in [9.17, 15) is 0 Å². The smallest absolute Gasteiger partial charge is 0.0648 e. The lowest BCUT2D eigenvalue weighted by Gasteiger charge is -2.14. The van der Waals surface area contributed by atoms with Crippen molar-refractivity contribution in [2.45, 2.75) is 0 Å². The van der Waals surface area contributed by atoms with Crippen molar-refractivity contribution in [2.24, 2.45) is 0 Å². The van der Waals surface area contributed by atoms with E-state index in [4.69, 9.17) is 0 Å². The molecule has 0 aliphatic heterocycles. The van der Waals surface area contributed by atoms with Crippen LogP contribution in [0.4, 0.5) is 0 Å². The fourth-order valence-corrected chi connectivity index (χ4v) is 11.4. The zero-order valence-electron chi connectivity index (χ0n) is 26.2. The van der Waals surface area contributed by atoms with Crippen molar-refractivity contribution in [3.05, 3.63) is 152 Å². The van der Waals surface area contributed by atoms with Crippen molar-refractivity contribution in [1.29, 1.82) is 0 Å². The Bertz CT molecular complexity index is 3160. The molecule has 0 amide bonds. The van der Waals surface area contributed by atoms with Gasteiger partial charge >= 0.3 is 0 Å². The number of hydrogen-bond acceptors (Lipinski definition) is 2. The average Bonchev–Trinajstić information content (AvgIpc) is 3.90. The topological polar surface area (TPSA) is 4.93 Å². The number of benzene rings is 8. The van der Waals surface area contributed by atoms with Gasteiger partial charge in [0.25, 0.3) is 0 Å². The Morgan fingerprint density at radius 2 is 0.918 bits per heavy atom. The summed E-state index contributed by atoms with van der Waals surface area (Å²) in [6, 6.07) is 56.4. The normalized spacial score (nSPS) is 12.5. The van der Waals surface area contributed by atoms with E-state index in [1.165, 1.54) is 112 Å². The molecule has 3 aromatic heterocycles. The Labute approximate surface area is 289 Å². The van der Waals surface area contributed by atoms with Crippen LogP contribution in [0, 0.1) is 0 Å². The Hall–Kier alpha value is -5.74. The Kier molecular flexibility index (Phi) is 5.06. The largest absolute Gasteiger partial charge is 0.308 e. The zero-order chi connectivity index (χ0) is 31.8. The van der Waals surface area contributed by atoms with Crippen molar-refractivity contribution in [2.75, 3.05) is 0 Å². The highest BCUT2D eigenvalue weighted by atomic mass is 32.1. The maximum atomic E-state index is 2.55. The molecule has 0 radical (unpaired) electrons. The molecule has 3 heteroatoms. The summed E-state index contributed by atoms with van der Waals surface area (Å²) in [5, 5.41) is 10.8. The van der Waals surface area contributed by atoms with Crippen LogP contribution in [-0.4, -0.2) is 4.57 Å². The van der Waals surface area contributed by atoms with Crippen LogP contribution in [0.5, 0.6) is 0 Å². The molecule has 0 atom stereocenters. The average molecular weight is 656 g/mol. The third kappa shape index (κ3) is 3.34. The number of fused-ring (bicyclic) bond motifs is 15. The number of aromatic nitrogens is 1. The Morgan fingerprint density at radius 3 is 1.69 bits per heavy atom. The third-order valence-corrected chi connectivity index (χ3v) is 13.1. The van der Waals surface area contributed by atoms with Crippen LogP contribution in [0.15, 0.2) is 152 Å². The number of hydrogen-bond donors (Lipinski definition) is 0. The summed E-state index contributed by atoms with van der Waals surface area (Å²) >= 11 is 3.87. The molecule has 1 aliphatic rings. The number of nitrogens with zero attached hydrogens (tertiary/aromatic N) is 1. The van der Waals surface area contributed by atoms with Crippen molar-refractivity contribution in [3.63, 3.8) is 0 Å². The molecule has 226 valence electrons. The molecule has 1 nitrogen and oxygen atoms in total. The lowest BCUT2D eigenvalue weighted by atomic mass is 9.94. The second-order valence-corrected chi connectivity index (χ2v) is 15.3. The summed E-state index contributed by atoms with van der Waals surface area (Å²) in [5.74, 6) is 0. The van der Waals surface area contributed by atoms with Gasteiger partial charge in [-0.05, 0) is 74.5 Å². The minimum absolute atomic E-state index is 1.19. The van der Waals surface area contributed by atoms with E-state index in [1.807, 2.05) is 22.7 Å². The van der Waals surface area contributed by atoms with Gasteiger partial charge in [-0.1, -0.05) is 121 Å². The Morgan fingerprint density at radius 1 is 0.367 bits per heavy atom. The van der Waals surface area contributed by atoms with Gasteiger partial charge in [0, 0.05) is 56.8 Å². The molecule has 11 aromatic rings. The van der Waals surface area contributed by atoms with E-state index in [0.717, 1.165) is 0 Å². The van der Waals surface area contributed by atoms with Gasteiger partial charge in [0.2, 0.25) is 0 Å². The standard InChI is InChI=1S/C46H25NS2/c1-2-14-30-29(13-1)32-19-10-18-31-28(23-24-33(30)40(31)32)26-11-9-12-27(25-26)47-37-20-6-3-15-34(37)41-44(47)42-35-16-4-7-21-38(35)48-46(42)43-36-17-5-8-22-39(36)49-45(41)43/h1-25H. The molecule has 0 unspecified atom stereocenters. The van der Waals surface area contributed by atoms with Crippen molar-refractivity contribution in [1.82, 2.24) is 4.57 Å². The third-order valence-electron chi connectivity index (χ3n) is 10.7. The van der Waals surface area contributed by atoms with Gasteiger partial charge in [-0.3, -0.25) is 0 Å². The second-order valence-electron chi connectivity index (χ2n) is 13.2. The van der Waals surface area contributed by atoms with Gasteiger partial charge < -0.3 is 4.57 Å². The molecule has 0 saturated carbocycles. The van der Waals surface area contributed by atoms with E-state index in [2.05, 4.69) is 156 Å². The summed E-state index contributed by atoms with van der Waals surface area (Å²) in [7, 11) is 0. The molecule has 3 heterocycles. The van der Waals surface area contributed by atoms with Crippen LogP contribution >= 0.6 is 22.7 Å². The highest BCUT2D eigenvalue weighted by Crippen LogP contribution is 2.53. The monoisotopic (exact) mass is 655 g/mol. The molecule has 49 heavy (non-hydrogen) atoms. The van der Waals surface area contributed by atoms with Crippen LogP contribution in [0.25, 0.3) is 112 Å². The molecule has 0 N–H and O–H groups in total. The van der Waals surface area contributed by atoms with E-state index in [-0.39, 0.29) is 0 Å². The quantitative estimate of drug-likeness (QED) is 0.175. The molecule has 12 rings (SSSR count). The molecule has 0 saturated heterocycles. The predicted octanol–water partition coefficient (Wildman–Crippen LogP) is 14.0. The maximum Gasteiger partial charge on any atom is 0.0648 e. The molecular formula is C46H25NS2. The summed E-state index contributed by atoms with van der Waals surface area (Å²) in [5.41, 5.74) is 11.6. The first-order valence-electron chi connectivity index (χ1n) is 16.8. The Balaban J connectivity index is 1.21. The minimum Gasteiger partial charge on any atom is -0.308 e. The van der Waals surface area contributed by atoms with Crippen molar-refractivity contribution in [3.8, 4) is 39.1 Å².